The number of methoxy groups -OCH3 is 1. The SMILES string of the molecule is COc1ccc(N)c(SCCCOc2cccc(C)c2)c1. The molecule has 3 nitrogen and oxygen atoms in total. The highest BCUT2D eigenvalue weighted by Gasteiger charge is 2.02. The molecular formula is C17H21NO2S. The third kappa shape index (κ3) is 4.90. The van der Waals surface area contributed by atoms with Crippen LogP contribution < -0.4 is 15.2 Å². The molecule has 0 aromatic heterocycles. The summed E-state index contributed by atoms with van der Waals surface area (Å²) in [6, 6.07) is 13.8. The molecule has 0 atom stereocenters. The maximum Gasteiger partial charge on any atom is 0.120 e. The van der Waals surface area contributed by atoms with Gasteiger partial charge in [0.2, 0.25) is 0 Å². The van der Waals surface area contributed by atoms with Gasteiger partial charge in [-0.25, -0.2) is 0 Å². The summed E-state index contributed by atoms with van der Waals surface area (Å²) in [7, 11) is 1.66. The van der Waals surface area contributed by atoms with Crippen molar-refractivity contribution in [2.24, 2.45) is 0 Å². The van der Waals surface area contributed by atoms with Crippen molar-refractivity contribution >= 4 is 17.4 Å². The number of nitrogens with two attached hydrogens (primary N) is 1. The van der Waals surface area contributed by atoms with Gasteiger partial charge >= 0.3 is 0 Å². The van der Waals surface area contributed by atoms with Crippen LogP contribution in [0.5, 0.6) is 11.5 Å². The summed E-state index contributed by atoms with van der Waals surface area (Å²) in [4.78, 5) is 1.06. The maximum atomic E-state index is 5.96. The van der Waals surface area contributed by atoms with Crippen molar-refractivity contribution in [3.8, 4) is 11.5 Å². The highest BCUT2D eigenvalue weighted by molar-refractivity contribution is 7.99. The molecule has 0 unspecified atom stereocenters. The van der Waals surface area contributed by atoms with E-state index in [2.05, 4.69) is 13.0 Å². The third-order valence-corrected chi connectivity index (χ3v) is 4.18. The Morgan fingerprint density at radius 2 is 1.95 bits per heavy atom. The van der Waals surface area contributed by atoms with Gasteiger partial charge in [0.25, 0.3) is 0 Å². The van der Waals surface area contributed by atoms with Crippen molar-refractivity contribution in [1.82, 2.24) is 0 Å². The van der Waals surface area contributed by atoms with Crippen molar-refractivity contribution in [1.29, 1.82) is 0 Å². The molecule has 4 heteroatoms. The van der Waals surface area contributed by atoms with Gasteiger partial charge in [0, 0.05) is 16.3 Å². The molecule has 0 fully saturated rings. The van der Waals surface area contributed by atoms with E-state index < -0.39 is 0 Å². The van der Waals surface area contributed by atoms with Crippen LogP contribution in [0.25, 0.3) is 0 Å². The average molecular weight is 303 g/mol. The lowest BCUT2D eigenvalue weighted by molar-refractivity contribution is 0.318. The van der Waals surface area contributed by atoms with E-state index in [0.29, 0.717) is 6.61 Å². The Hall–Kier alpha value is -1.81. The summed E-state index contributed by atoms with van der Waals surface area (Å²) < 4.78 is 10.9. The molecule has 0 spiro atoms. The first-order valence-electron chi connectivity index (χ1n) is 6.95. The second kappa shape index (κ2) is 7.84. The van der Waals surface area contributed by atoms with Gasteiger partial charge in [0.05, 0.1) is 13.7 Å². The first-order chi connectivity index (χ1) is 10.2. The standard InChI is InChI=1S/C17H21NO2S/c1-13-5-3-6-15(11-13)20-9-4-10-21-17-12-14(19-2)7-8-16(17)18/h3,5-8,11-12H,4,9-10,18H2,1-2H3. The zero-order valence-electron chi connectivity index (χ0n) is 12.5. The van der Waals surface area contributed by atoms with Gasteiger partial charge in [-0.05, 0) is 49.2 Å². The number of aryl methyl sites for hydroxylation is 1. The Morgan fingerprint density at radius 1 is 1.10 bits per heavy atom. The van der Waals surface area contributed by atoms with Crippen LogP contribution in [-0.4, -0.2) is 19.5 Å². The predicted octanol–water partition coefficient (Wildman–Crippen LogP) is 4.15. The lowest BCUT2D eigenvalue weighted by atomic mass is 10.2. The highest BCUT2D eigenvalue weighted by Crippen LogP contribution is 2.29. The smallest absolute Gasteiger partial charge is 0.120 e. The van der Waals surface area contributed by atoms with Crippen molar-refractivity contribution in [2.75, 3.05) is 25.2 Å². The molecule has 0 saturated carbocycles. The molecule has 2 rings (SSSR count). The lowest BCUT2D eigenvalue weighted by Crippen LogP contribution is -1.99. The van der Waals surface area contributed by atoms with Gasteiger partial charge in [0.15, 0.2) is 0 Å². The van der Waals surface area contributed by atoms with Gasteiger partial charge in [-0.2, -0.15) is 0 Å². The number of nitrogen functional groups attached to an aromatic ring is 1. The monoisotopic (exact) mass is 303 g/mol. The summed E-state index contributed by atoms with van der Waals surface area (Å²) in [5.41, 5.74) is 7.96. The molecule has 2 N–H and O–H groups in total. The minimum absolute atomic E-state index is 0.709. The van der Waals surface area contributed by atoms with Gasteiger partial charge in [-0.15, -0.1) is 11.8 Å². The van der Waals surface area contributed by atoms with Crippen molar-refractivity contribution < 1.29 is 9.47 Å². The van der Waals surface area contributed by atoms with Crippen LogP contribution in [0.2, 0.25) is 0 Å². The first-order valence-corrected chi connectivity index (χ1v) is 7.93. The summed E-state index contributed by atoms with van der Waals surface area (Å²) in [5, 5.41) is 0. The normalized spacial score (nSPS) is 10.4. The number of rotatable bonds is 7. The number of anilines is 1. The van der Waals surface area contributed by atoms with Gasteiger partial charge in [-0.3, -0.25) is 0 Å². The molecule has 0 saturated heterocycles. The molecule has 2 aromatic rings. The zero-order valence-corrected chi connectivity index (χ0v) is 13.3. The van der Waals surface area contributed by atoms with Crippen LogP contribution in [0.3, 0.4) is 0 Å². The van der Waals surface area contributed by atoms with Gasteiger partial charge in [0.1, 0.15) is 11.5 Å². The molecule has 0 amide bonds. The Balaban J connectivity index is 1.75. The summed E-state index contributed by atoms with van der Waals surface area (Å²) in [6.45, 7) is 2.77. The number of ether oxygens (including phenoxy) is 2. The second-order valence-electron chi connectivity index (χ2n) is 4.77. The summed E-state index contributed by atoms with van der Waals surface area (Å²) >= 11 is 1.73. The van der Waals surface area contributed by atoms with E-state index in [-0.39, 0.29) is 0 Å². The molecule has 0 aliphatic carbocycles. The van der Waals surface area contributed by atoms with E-state index in [1.807, 2.05) is 36.4 Å². The summed E-state index contributed by atoms with van der Waals surface area (Å²) in [5.74, 6) is 2.73. The van der Waals surface area contributed by atoms with E-state index in [4.69, 9.17) is 15.2 Å². The molecule has 2 aromatic carbocycles. The van der Waals surface area contributed by atoms with Crippen LogP contribution in [0.1, 0.15) is 12.0 Å². The van der Waals surface area contributed by atoms with E-state index in [0.717, 1.165) is 34.3 Å². The van der Waals surface area contributed by atoms with Crippen LogP contribution in [0.4, 0.5) is 5.69 Å². The van der Waals surface area contributed by atoms with Crippen molar-refractivity contribution in [3.63, 3.8) is 0 Å². The molecular weight excluding hydrogens is 282 g/mol. The van der Waals surface area contributed by atoms with Crippen LogP contribution in [0.15, 0.2) is 47.4 Å². The number of hydrogen-bond acceptors (Lipinski definition) is 4. The molecule has 0 bridgehead atoms. The minimum atomic E-state index is 0.709. The second-order valence-corrected chi connectivity index (χ2v) is 5.91. The lowest BCUT2D eigenvalue weighted by Gasteiger charge is -2.09. The zero-order chi connectivity index (χ0) is 15.1. The largest absolute Gasteiger partial charge is 0.497 e. The van der Waals surface area contributed by atoms with E-state index in [9.17, 15) is 0 Å². The quantitative estimate of drug-likeness (QED) is 0.474. The van der Waals surface area contributed by atoms with E-state index in [1.165, 1.54) is 5.56 Å². The Bertz CT molecular complexity index is 587. The molecule has 0 aliphatic rings. The predicted molar refractivity (Wildman–Crippen MR) is 89.4 cm³/mol. The molecule has 112 valence electrons. The van der Waals surface area contributed by atoms with E-state index >= 15 is 0 Å². The molecule has 21 heavy (non-hydrogen) atoms. The van der Waals surface area contributed by atoms with Crippen LogP contribution in [-0.2, 0) is 0 Å². The average Bonchev–Trinajstić information content (AvgIpc) is 2.49. The fraction of sp³-hybridized carbons (Fsp3) is 0.294. The van der Waals surface area contributed by atoms with Crippen molar-refractivity contribution in [2.45, 2.75) is 18.2 Å². The van der Waals surface area contributed by atoms with Gasteiger partial charge in [-0.1, -0.05) is 12.1 Å². The van der Waals surface area contributed by atoms with Crippen LogP contribution >= 0.6 is 11.8 Å². The Morgan fingerprint density at radius 3 is 2.71 bits per heavy atom. The van der Waals surface area contributed by atoms with Gasteiger partial charge < -0.3 is 15.2 Å². The van der Waals surface area contributed by atoms with E-state index in [1.54, 1.807) is 18.9 Å². The molecule has 0 radical (unpaired) electrons. The molecule has 0 aliphatic heterocycles. The third-order valence-electron chi connectivity index (χ3n) is 3.03. The number of hydrogen-bond donors (Lipinski definition) is 1. The van der Waals surface area contributed by atoms with Crippen molar-refractivity contribution in [3.05, 3.63) is 48.0 Å². The minimum Gasteiger partial charge on any atom is -0.497 e. The van der Waals surface area contributed by atoms with Crippen LogP contribution in [0, 0.1) is 6.92 Å². The summed E-state index contributed by atoms with van der Waals surface area (Å²) in [6.07, 6.45) is 0.968. The topological polar surface area (TPSA) is 44.5 Å². The Labute approximate surface area is 130 Å². The fourth-order valence-corrected chi connectivity index (χ4v) is 2.82. The first kappa shape index (κ1) is 15.6. The Kier molecular flexibility index (Phi) is 5.81. The number of thioether (sulfide) groups is 1. The molecule has 0 heterocycles. The maximum absolute atomic E-state index is 5.96. The highest BCUT2D eigenvalue weighted by atomic mass is 32.2. The number of benzene rings is 2. The fourth-order valence-electron chi connectivity index (χ4n) is 1.90.